The van der Waals surface area contributed by atoms with E-state index >= 15 is 0 Å². The number of halogens is 1. The Kier molecular flexibility index (Phi) is 5.41. The molecule has 2 aromatic rings. The minimum Gasteiger partial charge on any atom is -0.493 e. The van der Waals surface area contributed by atoms with Crippen LogP contribution in [0.1, 0.15) is 18.3 Å². The smallest absolute Gasteiger partial charge is 0.170 e. The predicted molar refractivity (Wildman–Crippen MR) is 80.7 cm³/mol. The molecule has 1 N–H and O–H groups in total. The van der Waals surface area contributed by atoms with E-state index in [1.165, 1.54) is 0 Å². The molecule has 0 aliphatic carbocycles. The van der Waals surface area contributed by atoms with Gasteiger partial charge in [-0.1, -0.05) is 18.5 Å². The molecule has 21 heavy (non-hydrogen) atoms. The van der Waals surface area contributed by atoms with Crippen LogP contribution in [0, 0.1) is 0 Å². The molecule has 1 aromatic heterocycles. The van der Waals surface area contributed by atoms with E-state index in [0.717, 1.165) is 17.9 Å². The standard InChI is InChI=1S/C14H19ClN4O2/c1-4-16-7-10-5-11(15)6-12(20-3)14(10)21-8-13-18-17-9-19(13)2/h5-6,9,16H,4,7-8H2,1-3H3. The Morgan fingerprint density at radius 3 is 2.81 bits per heavy atom. The third-order valence-electron chi connectivity index (χ3n) is 3.03. The van der Waals surface area contributed by atoms with Gasteiger partial charge in [0.25, 0.3) is 0 Å². The molecule has 0 fully saturated rings. The molecule has 0 bridgehead atoms. The maximum absolute atomic E-state index is 6.11. The highest BCUT2D eigenvalue weighted by Crippen LogP contribution is 2.35. The fourth-order valence-corrected chi connectivity index (χ4v) is 2.13. The number of rotatable bonds is 7. The van der Waals surface area contributed by atoms with Crippen molar-refractivity contribution in [2.24, 2.45) is 7.05 Å². The minimum absolute atomic E-state index is 0.313. The summed E-state index contributed by atoms with van der Waals surface area (Å²) in [4.78, 5) is 0. The van der Waals surface area contributed by atoms with Crippen molar-refractivity contribution in [2.75, 3.05) is 13.7 Å². The molecule has 0 saturated heterocycles. The van der Waals surface area contributed by atoms with Crippen LogP contribution in [0.15, 0.2) is 18.5 Å². The van der Waals surface area contributed by atoms with Crippen LogP contribution in [-0.4, -0.2) is 28.4 Å². The van der Waals surface area contributed by atoms with Gasteiger partial charge in [-0.15, -0.1) is 10.2 Å². The second-order valence-electron chi connectivity index (χ2n) is 4.52. The number of hydrogen-bond acceptors (Lipinski definition) is 5. The van der Waals surface area contributed by atoms with Crippen LogP contribution in [0.3, 0.4) is 0 Å². The molecule has 114 valence electrons. The Hall–Kier alpha value is -1.79. The molecule has 1 heterocycles. The second kappa shape index (κ2) is 7.28. The molecule has 0 saturated carbocycles. The van der Waals surface area contributed by atoms with Gasteiger partial charge in [0.2, 0.25) is 0 Å². The van der Waals surface area contributed by atoms with Crippen LogP contribution in [0.5, 0.6) is 11.5 Å². The monoisotopic (exact) mass is 310 g/mol. The van der Waals surface area contributed by atoms with E-state index in [-0.39, 0.29) is 0 Å². The maximum Gasteiger partial charge on any atom is 0.170 e. The number of ether oxygens (including phenoxy) is 2. The number of methoxy groups -OCH3 is 1. The summed E-state index contributed by atoms with van der Waals surface area (Å²) in [5.41, 5.74) is 0.948. The average molecular weight is 311 g/mol. The van der Waals surface area contributed by atoms with E-state index in [9.17, 15) is 0 Å². The Bertz CT molecular complexity index is 601. The van der Waals surface area contributed by atoms with E-state index in [0.29, 0.717) is 29.7 Å². The first-order valence-corrected chi connectivity index (χ1v) is 7.06. The normalized spacial score (nSPS) is 10.7. The lowest BCUT2D eigenvalue weighted by Crippen LogP contribution is -2.14. The van der Waals surface area contributed by atoms with E-state index in [2.05, 4.69) is 15.5 Å². The zero-order chi connectivity index (χ0) is 15.2. The Balaban J connectivity index is 2.24. The Labute approximate surface area is 129 Å². The van der Waals surface area contributed by atoms with Gasteiger partial charge in [0, 0.05) is 30.2 Å². The molecule has 6 nitrogen and oxygen atoms in total. The van der Waals surface area contributed by atoms with Gasteiger partial charge < -0.3 is 19.4 Å². The molecule has 0 amide bonds. The van der Waals surface area contributed by atoms with Gasteiger partial charge in [0.15, 0.2) is 17.3 Å². The minimum atomic E-state index is 0.313. The quantitative estimate of drug-likeness (QED) is 0.849. The predicted octanol–water partition coefficient (Wildman–Crippen LogP) is 2.17. The van der Waals surface area contributed by atoms with Crippen molar-refractivity contribution in [2.45, 2.75) is 20.1 Å². The number of aromatic nitrogens is 3. The second-order valence-corrected chi connectivity index (χ2v) is 4.96. The molecule has 2 rings (SSSR count). The summed E-state index contributed by atoms with van der Waals surface area (Å²) < 4.78 is 13.1. The first-order valence-electron chi connectivity index (χ1n) is 6.68. The fourth-order valence-electron chi connectivity index (χ4n) is 1.90. The summed E-state index contributed by atoms with van der Waals surface area (Å²) in [6, 6.07) is 3.61. The Morgan fingerprint density at radius 1 is 1.38 bits per heavy atom. The van der Waals surface area contributed by atoms with E-state index in [4.69, 9.17) is 21.1 Å². The lowest BCUT2D eigenvalue weighted by atomic mass is 10.2. The number of hydrogen-bond donors (Lipinski definition) is 1. The summed E-state index contributed by atoms with van der Waals surface area (Å²) in [6.45, 7) is 3.87. The van der Waals surface area contributed by atoms with Crippen molar-refractivity contribution < 1.29 is 9.47 Å². The highest BCUT2D eigenvalue weighted by atomic mass is 35.5. The first-order chi connectivity index (χ1) is 10.2. The van der Waals surface area contributed by atoms with Crippen molar-refractivity contribution in [1.29, 1.82) is 0 Å². The third kappa shape index (κ3) is 3.86. The summed E-state index contributed by atoms with van der Waals surface area (Å²) in [7, 11) is 3.47. The van der Waals surface area contributed by atoms with Crippen LogP contribution in [0.2, 0.25) is 5.02 Å². The maximum atomic E-state index is 6.11. The molecule has 1 aromatic carbocycles. The first kappa shape index (κ1) is 15.6. The topological polar surface area (TPSA) is 61.2 Å². The molecule has 0 unspecified atom stereocenters. The van der Waals surface area contributed by atoms with Gasteiger partial charge in [-0.3, -0.25) is 0 Å². The van der Waals surface area contributed by atoms with Gasteiger partial charge >= 0.3 is 0 Å². The summed E-state index contributed by atoms with van der Waals surface area (Å²) in [6.07, 6.45) is 1.64. The largest absolute Gasteiger partial charge is 0.493 e. The lowest BCUT2D eigenvalue weighted by molar-refractivity contribution is 0.269. The van der Waals surface area contributed by atoms with Crippen LogP contribution in [0.4, 0.5) is 0 Å². The summed E-state index contributed by atoms with van der Waals surface area (Å²) in [5, 5.41) is 11.7. The van der Waals surface area contributed by atoms with Crippen molar-refractivity contribution in [3.8, 4) is 11.5 Å². The van der Waals surface area contributed by atoms with Crippen molar-refractivity contribution in [1.82, 2.24) is 20.1 Å². The van der Waals surface area contributed by atoms with Gasteiger partial charge in [-0.05, 0) is 12.6 Å². The van der Waals surface area contributed by atoms with Gasteiger partial charge in [0.1, 0.15) is 12.9 Å². The Morgan fingerprint density at radius 2 is 2.19 bits per heavy atom. The zero-order valence-corrected chi connectivity index (χ0v) is 13.1. The van der Waals surface area contributed by atoms with Crippen molar-refractivity contribution in [3.05, 3.63) is 34.9 Å². The van der Waals surface area contributed by atoms with Gasteiger partial charge in [0.05, 0.1) is 7.11 Å². The van der Waals surface area contributed by atoms with Crippen LogP contribution in [-0.2, 0) is 20.2 Å². The SMILES string of the molecule is CCNCc1cc(Cl)cc(OC)c1OCc1nncn1C. The van der Waals surface area contributed by atoms with Crippen LogP contribution < -0.4 is 14.8 Å². The molecule has 7 heteroatoms. The van der Waals surface area contributed by atoms with Crippen molar-refractivity contribution >= 4 is 11.6 Å². The molecular weight excluding hydrogens is 292 g/mol. The number of nitrogens with zero attached hydrogens (tertiary/aromatic N) is 3. The van der Waals surface area contributed by atoms with E-state index in [1.807, 2.05) is 24.6 Å². The molecule has 0 radical (unpaired) electrons. The fraction of sp³-hybridized carbons (Fsp3) is 0.429. The molecule has 0 spiro atoms. The highest BCUT2D eigenvalue weighted by molar-refractivity contribution is 6.30. The van der Waals surface area contributed by atoms with E-state index < -0.39 is 0 Å². The van der Waals surface area contributed by atoms with Crippen molar-refractivity contribution in [3.63, 3.8) is 0 Å². The third-order valence-corrected chi connectivity index (χ3v) is 3.25. The molecule has 0 atom stereocenters. The molecular formula is C14H19ClN4O2. The van der Waals surface area contributed by atoms with Crippen LogP contribution >= 0.6 is 11.6 Å². The number of aryl methyl sites for hydroxylation is 1. The number of benzene rings is 1. The average Bonchev–Trinajstić information content (AvgIpc) is 2.88. The van der Waals surface area contributed by atoms with Gasteiger partial charge in [-0.2, -0.15) is 0 Å². The number of nitrogens with one attached hydrogen (secondary N) is 1. The zero-order valence-electron chi connectivity index (χ0n) is 12.4. The molecule has 0 aliphatic rings. The van der Waals surface area contributed by atoms with Gasteiger partial charge in [-0.25, -0.2) is 0 Å². The molecule has 0 aliphatic heterocycles. The summed E-state index contributed by atoms with van der Waals surface area (Å²) >= 11 is 6.11. The van der Waals surface area contributed by atoms with Crippen LogP contribution in [0.25, 0.3) is 0 Å². The lowest BCUT2D eigenvalue weighted by Gasteiger charge is -2.15. The highest BCUT2D eigenvalue weighted by Gasteiger charge is 2.14. The van der Waals surface area contributed by atoms with E-state index in [1.54, 1.807) is 19.5 Å². The summed E-state index contributed by atoms with van der Waals surface area (Å²) in [5.74, 6) is 2.02.